The Morgan fingerprint density at radius 2 is 1.47 bits per heavy atom. The van der Waals surface area contributed by atoms with E-state index in [9.17, 15) is 0 Å². The van der Waals surface area contributed by atoms with Gasteiger partial charge < -0.3 is 5.32 Å². The summed E-state index contributed by atoms with van der Waals surface area (Å²) in [7, 11) is 0. The van der Waals surface area contributed by atoms with E-state index in [1.165, 1.54) is 11.1 Å². The van der Waals surface area contributed by atoms with Gasteiger partial charge in [-0.15, -0.1) is 0 Å². The maximum Gasteiger partial charge on any atom is 0.0107 e. The van der Waals surface area contributed by atoms with Crippen molar-refractivity contribution in [3.63, 3.8) is 0 Å². The molecule has 2 atom stereocenters. The largest absolute Gasteiger partial charge is 0.311 e. The lowest BCUT2D eigenvalue weighted by Crippen LogP contribution is -2.36. The maximum atomic E-state index is 3.56. The molecular weight excluding hydrogens is 182 g/mol. The molecule has 0 aliphatic heterocycles. The molecule has 0 radical (unpaired) electrons. The van der Waals surface area contributed by atoms with Gasteiger partial charge in [-0.2, -0.15) is 0 Å². The molecule has 15 heavy (non-hydrogen) atoms. The van der Waals surface area contributed by atoms with Crippen molar-refractivity contribution in [1.82, 2.24) is 5.32 Å². The Morgan fingerprint density at radius 3 is 1.93 bits per heavy atom. The van der Waals surface area contributed by atoms with Crippen molar-refractivity contribution in [3.05, 3.63) is 35.4 Å². The molecule has 2 unspecified atom stereocenters. The number of rotatable bonds is 4. The maximum absolute atomic E-state index is 3.56. The molecule has 1 heteroatoms. The summed E-state index contributed by atoms with van der Waals surface area (Å²) in [5.74, 6) is 0.563. The quantitative estimate of drug-likeness (QED) is 0.793. The van der Waals surface area contributed by atoms with E-state index >= 15 is 0 Å². The highest BCUT2D eigenvalue weighted by molar-refractivity contribution is 5.25. The molecular formula is C14H23N. The molecule has 1 N–H and O–H groups in total. The Kier molecular flexibility index (Phi) is 4.34. The third-order valence-electron chi connectivity index (χ3n) is 2.95. The minimum Gasteiger partial charge on any atom is -0.311 e. The Labute approximate surface area is 93.9 Å². The van der Waals surface area contributed by atoms with Crippen LogP contribution >= 0.6 is 0 Å². The summed E-state index contributed by atoms with van der Waals surface area (Å²) in [4.78, 5) is 0. The van der Waals surface area contributed by atoms with Crippen LogP contribution in [-0.4, -0.2) is 12.1 Å². The average Bonchev–Trinajstić information content (AvgIpc) is 2.17. The summed E-state index contributed by atoms with van der Waals surface area (Å²) >= 11 is 0. The fourth-order valence-corrected chi connectivity index (χ4v) is 1.83. The average molecular weight is 205 g/mol. The third kappa shape index (κ3) is 3.67. The summed E-state index contributed by atoms with van der Waals surface area (Å²) in [6.45, 7) is 11.1. The van der Waals surface area contributed by atoms with Gasteiger partial charge in [-0.25, -0.2) is 0 Å². The molecule has 1 rings (SSSR count). The van der Waals surface area contributed by atoms with Gasteiger partial charge in [0, 0.05) is 12.1 Å². The Hall–Kier alpha value is -0.820. The number of hydrogen-bond acceptors (Lipinski definition) is 1. The predicted octanol–water partition coefficient (Wildman–Crippen LogP) is 3.49. The van der Waals surface area contributed by atoms with Crippen molar-refractivity contribution in [3.8, 4) is 0 Å². The second-order valence-corrected chi connectivity index (χ2v) is 4.81. The van der Waals surface area contributed by atoms with Crippen molar-refractivity contribution in [2.75, 3.05) is 0 Å². The summed E-state index contributed by atoms with van der Waals surface area (Å²) in [5.41, 5.74) is 2.75. The number of aryl methyl sites for hydroxylation is 1. The van der Waals surface area contributed by atoms with E-state index in [2.05, 4.69) is 64.2 Å². The lowest BCUT2D eigenvalue weighted by molar-refractivity contribution is 0.439. The summed E-state index contributed by atoms with van der Waals surface area (Å²) < 4.78 is 0. The van der Waals surface area contributed by atoms with E-state index in [-0.39, 0.29) is 0 Å². The van der Waals surface area contributed by atoms with Crippen LogP contribution in [0.4, 0.5) is 0 Å². The van der Waals surface area contributed by atoms with Crippen molar-refractivity contribution in [2.24, 2.45) is 0 Å². The Balaban J connectivity index is 2.67. The number of benzene rings is 1. The zero-order valence-electron chi connectivity index (χ0n) is 10.5. The number of hydrogen-bond donors (Lipinski definition) is 1. The first-order valence-corrected chi connectivity index (χ1v) is 5.83. The molecule has 84 valence electrons. The molecule has 1 aromatic carbocycles. The molecule has 0 aliphatic rings. The second kappa shape index (κ2) is 5.32. The lowest BCUT2D eigenvalue weighted by Gasteiger charge is -2.24. The summed E-state index contributed by atoms with van der Waals surface area (Å²) in [5, 5.41) is 3.56. The molecule has 0 spiro atoms. The molecule has 1 aromatic rings. The first-order chi connectivity index (χ1) is 7.00. The fourth-order valence-electron chi connectivity index (χ4n) is 1.83. The van der Waals surface area contributed by atoms with Gasteiger partial charge in [-0.1, -0.05) is 50.6 Å². The van der Waals surface area contributed by atoms with E-state index in [1.807, 2.05) is 0 Å². The second-order valence-electron chi connectivity index (χ2n) is 4.81. The molecule has 1 nitrogen and oxygen atoms in total. The third-order valence-corrected chi connectivity index (χ3v) is 2.95. The summed E-state index contributed by atoms with van der Waals surface area (Å²) in [6, 6.07) is 9.92. The zero-order valence-corrected chi connectivity index (χ0v) is 10.5. The van der Waals surface area contributed by atoms with Crippen molar-refractivity contribution < 1.29 is 0 Å². The minimum absolute atomic E-state index is 0.521. The SMILES string of the molecule is Cc1ccc(C(C)C(C)NC(C)C)cc1. The highest BCUT2D eigenvalue weighted by Gasteiger charge is 2.14. The van der Waals surface area contributed by atoms with Gasteiger partial charge in [-0.3, -0.25) is 0 Å². The van der Waals surface area contributed by atoms with Gasteiger partial charge in [0.1, 0.15) is 0 Å². The standard InChI is InChI=1S/C14H23N/c1-10(2)15-13(5)12(4)14-8-6-11(3)7-9-14/h6-10,12-13,15H,1-5H3. The van der Waals surface area contributed by atoms with Crippen LogP contribution in [-0.2, 0) is 0 Å². The smallest absolute Gasteiger partial charge is 0.0107 e. The molecule has 0 saturated heterocycles. The van der Waals surface area contributed by atoms with Crippen LogP contribution in [0.2, 0.25) is 0 Å². The van der Waals surface area contributed by atoms with Crippen LogP contribution in [0.5, 0.6) is 0 Å². The van der Waals surface area contributed by atoms with Gasteiger partial charge in [0.15, 0.2) is 0 Å². The van der Waals surface area contributed by atoms with Crippen LogP contribution in [0.25, 0.3) is 0 Å². The Morgan fingerprint density at radius 1 is 0.933 bits per heavy atom. The Bertz CT molecular complexity index is 287. The summed E-state index contributed by atoms with van der Waals surface area (Å²) in [6.07, 6.45) is 0. The van der Waals surface area contributed by atoms with Crippen LogP contribution in [0.15, 0.2) is 24.3 Å². The highest BCUT2D eigenvalue weighted by Crippen LogP contribution is 2.19. The van der Waals surface area contributed by atoms with Crippen LogP contribution in [0.3, 0.4) is 0 Å². The van der Waals surface area contributed by atoms with E-state index in [0.717, 1.165) is 0 Å². The van der Waals surface area contributed by atoms with E-state index in [0.29, 0.717) is 18.0 Å². The highest BCUT2D eigenvalue weighted by atomic mass is 14.9. The van der Waals surface area contributed by atoms with Gasteiger partial charge in [0.2, 0.25) is 0 Å². The topological polar surface area (TPSA) is 12.0 Å². The van der Waals surface area contributed by atoms with E-state index in [4.69, 9.17) is 0 Å². The van der Waals surface area contributed by atoms with Crippen LogP contribution in [0.1, 0.15) is 44.7 Å². The number of nitrogens with one attached hydrogen (secondary N) is 1. The van der Waals surface area contributed by atoms with Crippen molar-refractivity contribution in [1.29, 1.82) is 0 Å². The molecule has 0 fully saturated rings. The van der Waals surface area contributed by atoms with Gasteiger partial charge in [-0.05, 0) is 25.3 Å². The first-order valence-electron chi connectivity index (χ1n) is 5.83. The van der Waals surface area contributed by atoms with Crippen molar-refractivity contribution >= 4 is 0 Å². The lowest BCUT2D eigenvalue weighted by atomic mass is 9.93. The van der Waals surface area contributed by atoms with E-state index in [1.54, 1.807) is 0 Å². The normalized spacial score (nSPS) is 15.3. The van der Waals surface area contributed by atoms with Gasteiger partial charge in [0.25, 0.3) is 0 Å². The van der Waals surface area contributed by atoms with E-state index < -0.39 is 0 Å². The predicted molar refractivity (Wildman–Crippen MR) is 67.3 cm³/mol. The van der Waals surface area contributed by atoms with Gasteiger partial charge in [0.05, 0.1) is 0 Å². The van der Waals surface area contributed by atoms with Crippen molar-refractivity contribution in [2.45, 2.75) is 52.6 Å². The first kappa shape index (κ1) is 12.3. The van der Waals surface area contributed by atoms with Crippen LogP contribution in [0, 0.1) is 6.92 Å². The molecule has 0 aromatic heterocycles. The monoisotopic (exact) mass is 205 g/mol. The molecule has 0 heterocycles. The molecule has 0 bridgehead atoms. The molecule has 0 amide bonds. The fraction of sp³-hybridized carbons (Fsp3) is 0.571. The molecule has 0 saturated carbocycles. The minimum atomic E-state index is 0.521. The van der Waals surface area contributed by atoms with Crippen LogP contribution < -0.4 is 5.32 Å². The molecule has 0 aliphatic carbocycles. The van der Waals surface area contributed by atoms with Gasteiger partial charge >= 0.3 is 0 Å². The zero-order chi connectivity index (χ0) is 11.4.